The number of amidine groups is 1. The van der Waals surface area contributed by atoms with Crippen molar-refractivity contribution in [3.63, 3.8) is 0 Å². The summed E-state index contributed by atoms with van der Waals surface area (Å²) in [6.45, 7) is 6.14. The molecule has 0 aliphatic heterocycles. The zero-order chi connectivity index (χ0) is 15.7. The molecule has 0 heterocycles. The zero-order valence-corrected chi connectivity index (χ0v) is 15.0. The highest BCUT2D eigenvalue weighted by molar-refractivity contribution is 6.01. The normalized spacial score (nSPS) is 9.82. The minimum Gasteiger partial charge on any atom is -0.496 e. The molecule has 4 nitrogen and oxygen atoms in total. The van der Waals surface area contributed by atoms with E-state index in [4.69, 9.17) is 14.9 Å². The van der Waals surface area contributed by atoms with E-state index in [0.29, 0.717) is 17.3 Å². The van der Waals surface area contributed by atoms with Gasteiger partial charge < -0.3 is 14.4 Å². The summed E-state index contributed by atoms with van der Waals surface area (Å²) in [7, 11) is 3.27. The van der Waals surface area contributed by atoms with E-state index >= 15 is 0 Å². The van der Waals surface area contributed by atoms with Gasteiger partial charge in [0.05, 0.1) is 14.2 Å². The zero-order valence-electron chi connectivity index (χ0n) is 14.1. The minimum absolute atomic E-state index is 0. The largest absolute Gasteiger partial charge is 0.496 e. The molecule has 0 saturated carbocycles. The third-order valence-electron chi connectivity index (χ3n) is 3.54. The van der Waals surface area contributed by atoms with Crippen LogP contribution in [0.2, 0.25) is 0 Å². The molecule has 22 heavy (non-hydrogen) atoms. The molecule has 0 aromatic heterocycles. The van der Waals surface area contributed by atoms with E-state index in [1.807, 2.05) is 18.2 Å². The third-order valence-corrected chi connectivity index (χ3v) is 3.54. The molecule has 0 unspecified atom stereocenters. The average molecular weight is 329 g/mol. The Morgan fingerprint density at radius 3 is 1.82 bits per heavy atom. The smallest absolute Gasteiger partial charge is 0.135 e. The standard InChI is InChI=1S/C17H28N2O2.ClH/c1-5-7-12-19(13-8-6-2)17(18)16-14(20-3)10-9-11-15(16)21-4;/h9-11,18H,5-8,12-13H2,1-4H3;1H. The molecule has 1 rings (SSSR count). The molecular weight excluding hydrogens is 300 g/mol. The average Bonchev–Trinajstić information content (AvgIpc) is 2.53. The summed E-state index contributed by atoms with van der Waals surface area (Å²) < 4.78 is 10.8. The number of ether oxygens (including phenoxy) is 2. The van der Waals surface area contributed by atoms with Crippen molar-refractivity contribution >= 4 is 18.2 Å². The monoisotopic (exact) mass is 328 g/mol. The number of nitrogens with zero attached hydrogens (tertiary/aromatic N) is 1. The Bertz CT molecular complexity index is 422. The van der Waals surface area contributed by atoms with E-state index in [9.17, 15) is 0 Å². The lowest BCUT2D eigenvalue weighted by atomic mass is 10.1. The Morgan fingerprint density at radius 2 is 1.45 bits per heavy atom. The number of methoxy groups -OCH3 is 2. The van der Waals surface area contributed by atoms with Crippen LogP contribution in [-0.4, -0.2) is 38.0 Å². The van der Waals surface area contributed by atoms with Crippen LogP contribution in [0, 0.1) is 5.41 Å². The number of rotatable bonds is 9. The van der Waals surface area contributed by atoms with Crippen LogP contribution in [0.3, 0.4) is 0 Å². The molecule has 0 bridgehead atoms. The molecule has 1 aromatic carbocycles. The molecular formula is C17H29ClN2O2. The Labute approximate surface area is 140 Å². The second-order valence-electron chi connectivity index (χ2n) is 5.08. The Morgan fingerprint density at radius 1 is 1.00 bits per heavy atom. The van der Waals surface area contributed by atoms with Crippen molar-refractivity contribution in [2.75, 3.05) is 27.3 Å². The molecule has 0 atom stereocenters. The van der Waals surface area contributed by atoms with Crippen molar-refractivity contribution in [3.05, 3.63) is 23.8 Å². The summed E-state index contributed by atoms with van der Waals surface area (Å²) in [4.78, 5) is 2.13. The summed E-state index contributed by atoms with van der Waals surface area (Å²) in [6, 6.07) is 5.64. The highest BCUT2D eigenvalue weighted by Crippen LogP contribution is 2.29. The molecule has 1 N–H and O–H groups in total. The molecule has 0 aliphatic carbocycles. The second-order valence-corrected chi connectivity index (χ2v) is 5.08. The summed E-state index contributed by atoms with van der Waals surface area (Å²) in [5.74, 6) is 1.88. The van der Waals surface area contributed by atoms with Gasteiger partial charge in [0.2, 0.25) is 0 Å². The van der Waals surface area contributed by atoms with E-state index in [0.717, 1.165) is 44.3 Å². The SMILES string of the molecule is CCCCN(CCCC)C(=N)c1c(OC)cccc1OC.Cl. The molecule has 126 valence electrons. The quantitative estimate of drug-likeness (QED) is 0.541. The van der Waals surface area contributed by atoms with Crippen LogP contribution in [0.15, 0.2) is 18.2 Å². The fourth-order valence-corrected chi connectivity index (χ4v) is 2.28. The van der Waals surface area contributed by atoms with Gasteiger partial charge in [-0.05, 0) is 25.0 Å². The topological polar surface area (TPSA) is 45.6 Å². The predicted octanol–water partition coefficient (Wildman–Crippen LogP) is 4.35. The van der Waals surface area contributed by atoms with Gasteiger partial charge in [0.15, 0.2) is 0 Å². The lowest BCUT2D eigenvalue weighted by Gasteiger charge is -2.27. The first-order chi connectivity index (χ1) is 10.2. The van der Waals surface area contributed by atoms with E-state index in [1.165, 1.54) is 0 Å². The van der Waals surface area contributed by atoms with Gasteiger partial charge in [-0.3, -0.25) is 5.41 Å². The molecule has 0 spiro atoms. The number of hydrogen-bond donors (Lipinski definition) is 1. The molecule has 0 fully saturated rings. The van der Waals surface area contributed by atoms with Crippen molar-refractivity contribution in [1.82, 2.24) is 4.90 Å². The van der Waals surface area contributed by atoms with Crippen molar-refractivity contribution in [1.29, 1.82) is 5.41 Å². The molecule has 5 heteroatoms. The summed E-state index contributed by atoms with van der Waals surface area (Å²) >= 11 is 0. The van der Waals surface area contributed by atoms with Crippen molar-refractivity contribution in [2.24, 2.45) is 0 Å². The lowest BCUT2D eigenvalue weighted by molar-refractivity contribution is 0.375. The van der Waals surface area contributed by atoms with Gasteiger partial charge >= 0.3 is 0 Å². The van der Waals surface area contributed by atoms with Crippen LogP contribution < -0.4 is 9.47 Å². The molecule has 0 radical (unpaired) electrons. The van der Waals surface area contributed by atoms with Crippen LogP contribution in [0.1, 0.15) is 45.1 Å². The Hall–Kier alpha value is -1.42. The van der Waals surface area contributed by atoms with E-state index < -0.39 is 0 Å². The first-order valence-corrected chi connectivity index (χ1v) is 7.74. The molecule has 0 saturated heterocycles. The number of hydrogen-bond acceptors (Lipinski definition) is 3. The van der Waals surface area contributed by atoms with Crippen LogP contribution in [0.5, 0.6) is 11.5 Å². The predicted molar refractivity (Wildman–Crippen MR) is 95.0 cm³/mol. The fourth-order valence-electron chi connectivity index (χ4n) is 2.28. The summed E-state index contributed by atoms with van der Waals surface area (Å²) in [5, 5.41) is 8.60. The highest BCUT2D eigenvalue weighted by Gasteiger charge is 2.19. The van der Waals surface area contributed by atoms with Crippen LogP contribution in [-0.2, 0) is 0 Å². The third kappa shape index (κ3) is 5.41. The molecule has 0 amide bonds. The first kappa shape index (κ1) is 20.6. The van der Waals surface area contributed by atoms with Gasteiger partial charge in [-0.1, -0.05) is 32.8 Å². The van der Waals surface area contributed by atoms with Crippen molar-refractivity contribution in [3.8, 4) is 11.5 Å². The fraction of sp³-hybridized carbons (Fsp3) is 0.588. The maximum absolute atomic E-state index is 8.60. The van der Waals surface area contributed by atoms with Gasteiger partial charge in [-0.15, -0.1) is 12.4 Å². The lowest BCUT2D eigenvalue weighted by Crippen LogP contribution is -2.33. The van der Waals surface area contributed by atoms with Crippen molar-refractivity contribution in [2.45, 2.75) is 39.5 Å². The van der Waals surface area contributed by atoms with Gasteiger partial charge in [-0.2, -0.15) is 0 Å². The van der Waals surface area contributed by atoms with Gasteiger partial charge in [0, 0.05) is 13.1 Å². The molecule has 0 aliphatic rings. The number of halogens is 1. The second kappa shape index (κ2) is 11.2. The highest BCUT2D eigenvalue weighted by atomic mass is 35.5. The van der Waals surface area contributed by atoms with E-state index in [-0.39, 0.29) is 12.4 Å². The van der Waals surface area contributed by atoms with Gasteiger partial charge in [0.25, 0.3) is 0 Å². The first-order valence-electron chi connectivity index (χ1n) is 7.74. The van der Waals surface area contributed by atoms with E-state index in [2.05, 4.69) is 18.7 Å². The maximum atomic E-state index is 8.60. The van der Waals surface area contributed by atoms with E-state index in [1.54, 1.807) is 14.2 Å². The number of benzene rings is 1. The summed E-state index contributed by atoms with van der Waals surface area (Å²) in [5.41, 5.74) is 0.745. The maximum Gasteiger partial charge on any atom is 0.135 e. The Balaban J connectivity index is 0.00000441. The summed E-state index contributed by atoms with van der Waals surface area (Å²) in [6.07, 6.45) is 4.42. The molecule has 1 aromatic rings. The minimum atomic E-state index is 0. The van der Waals surface area contributed by atoms with Crippen LogP contribution >= 0.6 is 12.4 Å². The van der Waals surface area contributed by atoms with Crippen LogP contribution in [0.4, 0.5) is 0 Å². The van der Waals surface area contributed by atoms with Gasteiger partial charge in [0.1, 0.15) is 22.9 Å². The van der Waals surface area contributed by atoms with Crippen LogP contribution in [0.25, 0.3) is 0 Å². The van der Waals surface area contributed by atoms with Gasteiger partial charge in [-0.25, -0.2) is 0 Å². The Kier molecular flexibility index (Phi) is 10.5. The number of nitrogens with one attached hydrogen (secondary N) is 1. The number of unbranched alkanes of at least 4 members (excludes halogenated alkanes) is 2. The van der Waals surface area contributed by atoms with Crippen molar-refractivity contribution < 1.29 is 9.47 Å².